The smallest absolute Gasteiger partial charge is 0.371 e. The number of carboxylic acid groups (broad SMARTS) is 1. The zero-order valence-electron chi connectivity index (χ0n) is 7.56. The summed E-state index contributed by atoms with van der Waals surface area (Å²) in [6, 6.07) is 2.78. The molecule has 0 aromatic carbocycles. The Kier molecular flexibility index (Phi) is 2.76. The standard InChI is InChI=1S/C8H10N2O4/c1-10(4-6(9)11)7-3-2-5(14-7)8(12)13/h2-3H,4H2,1H3,(H2,9,11)(H,12,13). The number of amides is 1. The van der Waals surface area contributed by atoms with Crippen molar-refractivity contribution in [1.29, 1.82) is 0 Å². The van der Waals surface area contributed by atoms with Crippen LogP contribution in [0.1, 0.15) is 10.6 Å². The Labute approximate surface area is 79.9 Å². The zero-order valence-corrected chi connectivity index (χ0v) is 7.56. The topological polar surface area (TPSA) is 96.8 Å². The molecule has 0 saturated carbocycles. The first-order valence-corrected chi connectivity index (χ1v) is 3.83. The monoisotopic (exact) mass is 198 g/mol. The molecule has 0 atom stereocenters. The molecule has 1 amide bonds. The van der Waals surface area contributed by atoms with Crippen LogP contribution >= 0.6 is 0 Å². The van der Waals surface area contributed by atoms with E-state index in [9.17, 15) is 9.59 Å². The summed E-state index contributed by atoms with van der Waals surface area (Å²) in [6.45, 7) is -0.0213. The molecule has 14 heavy (non-hydrogen) atoms. The maximum absolute atomic E-state index is 10.5. The highest BCUT2D eigenvalue weighted by Gasteiger charge is 2.12. The van der Waals surface area contributed by atoms with E-state index in [2.05, 4.69) is 0 Å². The molecule has 6 heteroatoms. The van der Waals surface area contributed by atoms with Crippen molar-refractivity contribution in [1.82, 2.24) is 0 Å². The molecule has 76 valence electrons. The first kappa shape index (κ1) is 10.1. The van der Waals surface area contributed by atoms with Gasteiger partial charge in [-0.05, 0) is 6.07 Å². The molecule has 0 aliphatic carbocycles. The molecular formula is C8H10N2O4. The minimum absolute atomic E-state index is 0.0213. The van der Waals surface area contributed by atoms with Gasteiger partial charge >= 0.3 is 5.97 Å². The molecule has 6 nitrogen and oxygen atoms in total. The Balaban J connectivity index is 2.76. The number of furan rings is 1. The highest BCUT2D eigenvalue weighted by molar-refractivity contribution is 5.85. The number of likely N-dealkylation sites (N-methyl/N-ethyl adjacent to an activating group) is 1. The summed E-state index contributed by atoms with van der Waals surface area (Å²) in [6.07, 6.45) is 0. The number of carboxylic acids is 1. The van der Waals surface area contributed by atoms with E-state index in [1.807, 2.05) is 0 Å². The Hall–Kier alpha value is -1.98. The fraction of sp³-hybridized carbons (Fsp3) is 0.250. The largest absolute Gasteiger partial charge is 0.475 e. The third kappa shape index (κ3) is 2.25. The average molecular weight is 198 g/mol. The third-order valence-electron chi connectivity index (χ3n) is 1.57. The van der Waals surface area contributed by atoms with E-state index in [0.717, 1.165) is 0 Å². The van der Waals surface area contributed by atoms with E-state index < -0.39 is 11.9 Å². The van der Waals surface area contributed by atoms with Gasteiger partial charge in [-0.3, -0.25) is 4.79 Å². The van der Waals surface area contributed by atoms with Crippen LogP contribution in [0.2, 0.25) is 0 Å². The van der Waals surface area contributed by atoms with Crippen molar-refractivity contribution in [2.75, 3.05) is 18.5 Å². The molecule has 0 bridgehead atoms. The van der Waals surface area contributed by atoms with Crippen molar-refractivity contribution in [2.45, 2.75) is 0 Å². The van der Waals surface area contributed by atoms with Gasteiger partial charge in [0.1, 0.15) is 0 Å². The molecule has 1 heterocycles. The fourth-order valence-electron chi connectivity index (χ4n) is 0.959. The van der Waals surface area contributed by atoms with Gasteiger partial charge in [0.2, 0.25) is 11.7 Å². The van der Waals surface area contributed by atoms with Crippen LogP contribution in [-0.2, 0) is 4.79 Å². The molecule has 1 aromatic heterocycles. The lowest BCUT2D eigenvalue weighted by Crippen LogP contribution is -2.30. The Morgan fingerprint density at radius 2 is 2.21 bits per heavy atom. The summed E-state index contributed by atoms with van der Waals surface area (Å²) >= 11 is 0. The van der Waals surface area contributed by atoms with E-state index >= 15 is 0 Å². The van der Waals surface area contributed by atoms with Crippen LogP contribution in [0.15, 0.2) is 16.5 Å². The van der Waals surface area contributed by atoms with Crippen molar-refractivity contribution < 1.29 is 19.1 Å². The number of nitrogens with zero attached hydrogens (tertiary/aromatic N) is 1. The minimum atomic E-state index is -1.15. The maximum Gasteiger partial charge on any atom is 0.371 e. The predicted molar refractivity (Wildman–Crippen MR) is 48.1 cm³/mol. The molecule has 1 rings (SSSR count). The van der Waals surface area contributed by atoms with Crippen molar-refractivity contribution in [3.05, 3.63) is 17.9 Å². The molecule has 1 aromatic rings. The molecule has 0 aliphatic heterocycles. The van der Waals surface area contributed by atoms with Gasteiger partial charge in [0.15, 0.2) is 5.88 Å². The summed E-state index contributed by atoms with van der Waals surface area (Å²) in [5, 5.41) is 8.56. The molecule has 0 radical (unpaired) electrons. The van der Waals surface area contributed by atoms with Gasteiger partial charge in [0.25, 0.3) is 0 Å². The Bertz CT molecular complexity index is 358. The average Bonchev–Trinajstić information content (AvgIpc) is 2.50. The summed E-state index contributed by atoms with van der Waals surface area (Å²) in [5.41, 5.74) is 4.96. The van der Waals surface area contributed by atoms with Crippen molar-refractivity contribution in [3.8, 4) is 0 Å². The van der Waals surface area contributed by atoms with Gasteiger partial charge in [-0.25, -0.2) is 4.79 Å². The first-order valence-electron chi connectivity index (χ1n) is 3.83. The molecule has 0 fully saturated rings. The highest BCUT2D eigenvalue weighted by atomic mass is 16.4. The fourth-order valence-corrected chi connectivity index (χ4v) is 0.959. The van der Waals surface area contributed by atoms with Crippen molar-refractivity contribution >= 4 is 17.8 Å². The molecule has 3 N–H and O–H groups in total. The van der Waals surface area contributed by atoms with Crippen molar-refractivity contribution in [3.63, 3.8) is 0 Å². The zero-order chi connectivity index (χ0) is 10.7. The Morgan fingerprint density at radius 1 is 1.57 bits per heavy atom. The van der Waals surface area contributed by atoms with Gasteiger partial charge in [0, 0.05) is 13.1 Å². The molecule has 0 aliphatic rings. The van der Waals surface area contributed by atoms with E-state index in [4.69, 9.17) is 15.3 Å². The number of primary amides is 1. The number of nitrogens with two attached hydrogens (primary N) is 1. The van der Waals surface area contributed by atoms with Crippen LogP contribution in [0.5, 0.6) is 0 Å². The van der Waals surface area contributed by atoms with E-state index in [1.54, 1.807) is 7.05 Å². The highest BCUT2D eigenvalue weighted by Crippen LogP contribution is 2.16. The van der Waals surface area contributed by atoms with E-state index in [0.29, 0.717) is 5.88 Å². The molecular weight excluding hydrogens is 188 g/mol. The Morgan fingerprint density at radius 3 is 2.64 bits per heavy atom. The first-order chi connectivity index (χ1) is 6.50. The number of hydrogen-bond donors (Lipinski definition) is 2. The predicted octanol–water partition coefficient (Wildman–Crippen LogP) is -0.101. The lowest BCUT2D eigenvalue weighted by molar-refractivity contribution is -0.116. The van der Waals surface area contributed by atoms with Crippen LogP contribution in [0.4, 0.5) is 5.88 Å². The van der Waals surface area contributed by atoms with Gasteiger partial charge in [0.05, 0.1) is 6.54 Å². The SMILES string of the molecule is CN(CC(N)=O)c1ccc(C(=O)O)o1. The van der Waals surface area contributed by atoms with Crippen LogP contribution in [-0.4, -0.2) is 30.6 Å². The second-order valence-electron chi connectivity index (χ2n) is 2.77. The number of carbonyl (C=O) groups excluding carboxylic acids is 1. The number of rotatable bonds is 4. The van der Waals surface area contributed by atoms with Crippen LogP contribution in [0.25, 0.3) is 0 Å². The number of hydrogen-bond acceptors (Lipinski definition) is 4. The number of anilines is 1. The van der Waals surface area contributed by atoms with Gasteiger partial charge in [-0.1, -0.05) is 0 Å². The minimum Gasteiger partial charge on any atom is -0.475 e. The van der Waals surface area contributed by atoms with Crippen LogP contribution in [0, 0.1) is 0 Å². The van der Waals surface area contributed by atoms with Crippen molar-refractivity contribution in [2.24, 2.45) is 5.73 Å². The summed E-state index contributed by atoms with van der Waals surface area (Å²) < 4.78 is 4.93. The quantitative estimate of drug-likeness (QED) is 0.704. The summed E-state index contributed by atoms with van der Waals surface area (Å²) in [5.74, 6) is -1.54. The summed E-state index contributed by atoms with van der Waals surface area (Å²) in [7, 11) is 1.58. The van der Waals surface area contributed by atoms with Gasteiger partial charge in [-0.15, -0.1) is 0 Å². The van der Waals surface area contributed by atoms with Gasteiger partial charge in [-0.2, -0.15) is 0 Å². The third-order valence-corrected chi connectivity index (χ3v) is 1.57. The van der Waals surface area contributed by atoms with Crippen LogP contribution in [0.3, 0.4) is 0 Å². The number of aromatic carboxylic acids is 1. The maximum atomic E-state index is 10.5. The van der Waals surface area contributed by atoms with Gasteiger partial charge < -0.3 is 20.2 Å². The lowest BCUT2D eigenvalue weighted by atomic mass is 10.4. The lowest BCUT2D eigenvalue weighted by Gasteiger charge is -2.12. The van der Waals surface area contributed by atoms with Crippen LogP contribution < -0.4 is 10.6 Å². The normalized spacial score (nSPS) is 9.79. The second kappa shape index (κ2) is 3.82. The van der Waals surface area contributed by atoms with E-state index in [-0.39, 0.29) is 12.3 Å². The second-order valence-corrected chi connectivity index (χ2v) is 2.77. The molecule has 0 saturated heterocycles. The number of carbonyl (C=O) groups is 2. The molecule has 0 spiro atoms. The van der Waals surface area contributed by atoms with E-state index in [1.165, 1.54) is 17.0 Å². The molecule has 0 unspecified atom stereocenters. The summed E-state index contributed by atoms with van der Waals surface area (Å²) in [4.78, 5) is 22.4.